The molecule has 0 radical (unpaired) electrons. The van der Waals surface area contributed by atoms with Crippen molar-refractivity contribution in [3.63, 3.8) is 0 Å². The SMILES string of the molecule is CCOCCCNC(=O)C(C#N)=c1sc(=Cc2ccc(OCc3ccccc3)cc2)c(=O)n1-c1ccccc1C. The van der Waals surface area contributed by atoms with Gasteiger partial charge in [0.15, 0.2) is 5.57 Å². The Morgan fingerprint density at radius 1 is 1.05 bits per heavy atom. The second-order valence-electron chi connectivity index (χ2n) is 8.98. The summed E-state index contributed by atoms with van der Waals surface area (Å²) in [7, 11) is 0. The van der Waals surface area contributed by atoms with Crippen molar-refractivity contribution in [3.05, 3.63) is 115 Å². The lowest BCUT2D eigenvalue weighted by Crippen LogP contribution is -2.34. The predicted molar refractivity (Wildman–Crippen MR) is 158 cm³/mol. The van der Waals surface area contributed by atoms with Crippen molar-refractivity contribution in [2.45, 2.75) is 26.9 Å². The molecule has 3 aromatic carbocycles. The maximum absolute atomic E-state index is 13.7. The first-order valence-corrected chi connectivity index (χ1v) is 13.9. The van der Waals surface area contributed by atoms with Crippen LogP contribution in [0.25, 0.3) is 17.3 Å². The second kappa shape index (κ2) is 14.1. The minimum absolute atomic E-state index is 0.105. The van der Waals surface area contributed by atoms with Gasteiger partial charge in [0.05, 0.1) is 10.2 Å². The zero-order valence-corrected chi connectivity index (χ0v) is 23.4. The third-order valence-corrected chi connectivity index (χ3v) is 7.21. The van der Waals surface area contributed by atoms with Crippen LogP contribution in [0.4, 0.5) is 0 Å². The zero-order chi connectivity index (χ0) is 28.3. The monoisotopic (exact) mass is 553 g/mol. The first-order chi connectivity index (χ1) is 19.5. The highest BCUT2D eigenvalue weighted by atomic mass is 32.1. The standard InChI is InChI=1S/C32H31N3O4S/c1-3-38-19-9-18-34-30(36)27(21-33)32-35(28-13-8-7-10-23(28)2)31(37)29(40-32)20-24-14-16-26(17-15-24)39-22-25-11-5-4-6-12-25/h4-8,10-17,20H,3,9,18-19,22H2,1-2H3,(H,34,36). The van der Waals surface area contributed by atoms with Gasteiger partial charge in [0.2, 0.25) is 0 Å². The van der Waals surface area contributed by atoms with Gasteiger partial charge in [-0.25, -0.2) is 0 Å². The number of nitrogens with zero attached hydrogens (tertiary/aromatic N) is 2. The lowest BCUT2D eigenvalue weighted by atomic mass is 10.2. The number of ether oxygens (including phenoxy) is 2. The molecule has 0 spiro atoms. The number of nitriles is 1. The van der Waals surface area contributed by atoms with Crippen LogP contribution in [0.15, 0.2) is 83.7 Å². The van der Waals surface area contributed by atoms with E-state index in [4.69, 9.17) is 9.47 Å². The first kappa shape index (κ1) is 28.6. The highest BCUT2D eigenvalue weighted by Gasteiger charge is 2.17. The van der Waals surface area contributed by atoms with E-state index in [9.17, 15) is 14.9 Å². The number of thiazole rings is 1. The Kier molecular flexibility index (Phi) is 10.1. The number of carbonyl (C=O) groups is 1. The van der Waals surface area contributed by atoms with E-state index >= 15 is 0 Å². The number of hydrogen-bond donors (Lipinski definition) is 1. The molecule has 40 heavy (non-hydrogen) atoms. The maximum Gasteiger partial charge on any atom is 0.273 e. The Hall–Kier alpha value is -4.45. The molecule has 1 N–H and O–H groups in total. The zero-order valence-electron chi connectivity index (χ0n) is 22.6. The molecule has 8 heteroatoms. The molecule has 1 aromatic heterocycles. The number of amides is 1. The van der Waals surface area contributed by atoms with Crippen LogP contribution >= 0.6 is 11.3 Å². The van der Waals surface area contributed by atoms with E-state index in [2.05, 4.69) is 5.32 Å². The predicted octanol–water partition coefficient (Wildman–Crippen LogP) is 3.83. The van der Waals surface area contributed by atoms with E-state index in [-0.39, 0.29) is 15.8 Å². The topological polar surface area (TPSA) is 93.3 Å². The minimum atomic E-state index is -0.519. The highest BCUT2D eigenvalue weighted by Crippen LogP contribution is 2.15. The van der Waals surface area contributed by atoms with Gasteiger partial charge in [-0.3, -0.25) is 14.2 Å². The molecular weight excluding hydrogens is 522 g/mol. The van der Waals surface area contributed by atoms with Crippen molar-refractivity contribution in [2.75, 3.05) is 19.8 Å². The van der Waals surface area contributed by atoms with E-state index < -0.39 is 5.91 Å². The van der Waals surface area contributed by atoms with Gasteiger partial charge in [-0.15, -0.1) is 11.3 Å². The number of aromatic nitrogens is 1. The smallest absolute Gasteiger partial charge is 0.273 e. The van der Waals surface area contributed by atoms with E-state index in [0.717, 1.165) is 28.0 Å². The van der Waals surface area contributed by atoms with Crippen molar-refractivity contribution in [3.8, 4) is 17.5 Å². The third kappa shape index (κ3) is 7.14. The number of rotatable bonds is 11. The molecule has 0 saturated carbocycles. The summed E-state index contributed by atoms with van der Waals surface area (Å²) in [6.07, 6.45) is 2.39. The molecule has 0 saturated heterocycles. The molecule has 0 unspecified atom stereocenters. The Morgan fingerprint density at radius 3 is 2.48 bits per heavy atom. The fourth-order valence-corrected chi connectivity index (χ4v) is 5.14. The Labute approximate surface area is 237 Å². The van der Waals surface area contributed by atoms with Gasteiger partial charge in [-0.05, 0) is 61.2 Å². The lowest BCUT2D eigenvalue weighted by molar-refractivity contribution is -0.115. The number of benzene rings is 3. The van der Waals surface area contributed by atoms with Crippen LogP contribution in [-0.2, 0) is 16.1 Å². The van der Waals surface area contributed by atoms with Crippen LogP contribution < -0.4 is 24.8 Å². The van der Waals surface area contributed by atoms with Gasteiger partial charge in [-0.1, -0.05) is 60.7 Å². The summed E-state index contributed by atoms with van der Waals surface area (Å²) in [5.41, 5.74) is 2.95. The second-order valence-corrected chi connectivity index (χ2v) is 10.0. The summed E-state index contributed by atoms with van der Waals surface area (Å²) in [6, 6.07) is 26.8. The quantitative estimate of drug-likeness (QED) is 0.285. The Morgan fingerprint density at radius 2 is 1.77 bits per heavy atom. The summed E-state index contributed by atoms with van der Waals surface area (Å²) >= 11 is 1.12. The molecular formula is C32H31N3O4S. The molecule has 0 atom stereocenters. The fraction of sp³-hybridized carbons (Fsp3) is 0.219. The number of para-hydroxylation sites is 1. The van der Waals surface area contributed by atoms with E-state index in [1.807, 2.05) is 98.8 Å². The van der Waals surface area contributed by atoms with Crippen molar-refractivity contribution in [2.24, 2.45) is 0 Å². The number of carbonyl (C=O) groups excluding carboxylic acids is 1. The van der Waals surface area contributed by atoms with Crippen LogP contribution in [0.3, 0.4) is 0 Å². The van der Waals surface area contributed by atoms with Gasteiger partial charge in [-0.2, -0.15) is 5.26 Å². The van der Waals surface area contributed by atoms with Crippen LogP contribution in [0, 0.1) is 18.3 Å². The van der Waals surface area contributed by atoms with Gasteiger partial charge >= 0.3 is 0 Å². The molecule has 1 amide bonds. The molecule has 7 nitrogen and oxygen atoms in total. The molecule has 0 aliphatic rings. The highest BCUT2D eigenvalue weighted by molar-refractivity contribution is 7.07. The molecule has 1 heterocycles. The largest absolute Gasteiger partial charge is 0.489 e. The van der Waals surface area contributed by atoms with Crippen LogP contribution in [-0.4, -0.2) is 30.2 Å². The summed E-state index contributed by atoms with van der Waals surface area (Å²) in [5, 5.41) is 12.8. The van der Waals surface area contributed by atoms with E-state index in [1.165, 1.54) is 4.57 Å². The molecule has 0 aliphatic carbocycles. The number of hydrogen-bond acceptors (Lipinski definition) is 6. The lowest BCUT2D eigenvalue weighted by Gasteiger charge is -2.08. The average molecular weight is 554 g/mol. The van der Waals surface area contributed by atoms with Crippen molar-refractivity contribution in [1.82, 2.24) is 9.88 Å². The van der Waals surface area contributed by atoms with Crippen molar-refractivity contribution in [1.29, 1.82) is 5.26 Å². The fourth-order valence-electron chi connectivity index (χ4n) is 4.04. The maximum atomic E-state index is 13.7. The third-order valence-electron chi connectivity index (χ3n) is 6.11. The van der Waals surface area contributed by atoms with E-state index in [1.54, 1.807) is 6.08 Å². The molecule has 0 bridgehead atoms. The summed E-state index contributed by atoms with van der Waals surface area (Å²) in [4.78, 5) is 26.7. The Balaban J connectivity index is 1.70. The first-order valence-electron chi connectivity index (χ1n) is 13.1. The summed E-state index contributed by atoms with van der Waals surface area (Å²) in [6.45, 7) is 5.73. The molecule has 0 fully saturated rings. The van der Waals surface area contributed by atoms with E-state index in [0.29, 0.717) is 48.8 Å². The number of nitrogens with one attached hydrogen (secondary N) is 1. The van der Waals surface area contributed by atoms with Crippen LogP contribution in [0.1, 0.15) is 30.0 Å². The van der Waals surface area contributed by atoms with Gasteiger partial charge in [0.25, 0.3) is 11.5 Å². The average Bonchev–Trinajstić information content (AvgIpc) is 3.28. The normalized spacial score (nSPS) is 12.1. The number of aryl methyl sites for hydroxylation is 1. The molecule has 0 aliphatic heterocycles. The Bertz CT molecular complexity index is 1670. The van der Waals surface area contributed by atoms with Crippen LogP contribution in [0.2, 0.25) is 0 Å². The summed E-state index contributed by atoms with van der Waals surface area (Å²) in [5.74, 6) is 0.195. The van der Waals surface area contributed by atoms with Crippen LogP contribution in [0.5, 0.6) is 5.75 Å². The van der Waals surface area contributed by atoms with Crippen molar-refractivity contribution >= 4 is 28.9 Å². The summed E-state index contributed by atoms with van der Waals surface area (Å²) < 4.78 is 13.3. The van der Waals surface area contributed by atoms with Crippen molar-refractivity contribution < 1.29 is 14.3 Å². The minimum Gasteiger partial charge on any atom is -0.489 e. The van der Waals surface area contributed by atoms with Gasteiger partial charge < -0.3 is 14.8 Å². The van der Waals surface area contributed by atoms with Gasteiger partial charge in [0.1, 0.15) is 23.1 Å². The molecule has 204 valence electrons. The molecule has 4 aromatic rings. The molecule has 4 rings (SSSR count). The van der Waals surface area contributed by atoms with Gasteiger partial charge in [0, 0.05) is 19.8 Å².